The quantitative estimate of drug-likeness (QED) is 0.318. The van der Waals surface area contributed by atoms with Gasteiger partial charge in [0.2, 0.25) is 11.7 Å². The number of aromatic nitrogens is 3. The number of nitrogens with zero attached hydrogens (tertiary/aromatic N) is 4. The Morgan fingerprint density at radius 1 is 1.26 bits per heavy atom. The highest BCUT2D eigenvalue weighted by Gasteiger charge is 2.25. The van der Waals surface area contributed by atoms with Gasteiger partial charge in [0.1, 0.15) is 5.82 Å². The molecule has 2 heterocycles. The van der Waals surface area contributed by atoms with E-state index in [0.717, 1.165) is 21.5 Å². The molecule has 9 nitrogen and oxygen atoms in total. The van der Waals surface area contributed by atoms with Gasteiger partial charge < -0.3 is 29.3 Å². The molecule has 9 heteroatoms. The fourth-order valence-electron chi connectivity index (χ4n) is 3.70. The molecular weight excluding hydrogens is 400 g/mol. The molecule has 0 radical (unpaired) electrons. The largest absolute Gasteiger partial charge is 0.618 e. The summed E-state index contributed by atoms with van der Waals surface area (Å²) < 4.78 is 13.9. The van der Waals surface area contributed by atoms with Crippen LogP contribution in [-0.2, 0) is 22.4 Å². The van der Waals surface area contributed by atoms with Crippen molar-refractivity contribution in [2.45, 2.75) is 39.3 Å². The van der Waals surface area contributed by atoms with Gasteiger partial charge in [-0.05, 0) is 26.8 Å². The molecule has 168 valence electrons. The molecule has 3 rings (SSSR count). The van der Waals surface area contributed by atoms with Crippen LogP contribution in [0.1, 0.15) is 26.6 Å². The van der Waals surface area contributed by atoms with Gasteiger partial charge in [0.15, 0.2) is 5.52 Å². The summed E-state index contributed by atoms with van der Waals surface area (Å²) in [6.07, 6.45) is 1.14. The van der Waals surface area contributed by atoms with E-state index in [0.29, 0.717) is 50.4 Å². The molecule has 0 saturated heterocycles. The topological polar surface area (TPSA) is 104 Å². The Bertz CT molecular complexity index is 1060. The summed E-state index contributed by atoms with van der Waals surface area (Å²) in [5.74, 6) is 0.818. The number of carboxylic acid groups (broad SMARTS) is 1. The zero-order valence-corrected chi connectivity index (χ0v) is 18.5. The van der Waals surface area contributed by atoms with Crippen LogP contribution in [0.2, 0.25) is 0 Å². The second-order valence-corrected chi connectivity index (χ2v) is 8.35. The Morgan fingerprint density at radius 3 is 2.68 bits per heavy atom. The Hall–Kier alpha value is -2.91. The average molecular weight is 431 g/mol. The average Bonchev–Trinajstić information content (AvgIpc) is 3.05. The minimum Gasteiger partial charge on any atom is -0.618 e. The minimum atomic E-state index is -0.962. The lowest BCUT2D eigenvalue weighted by atomic mass is 10.1. The third-order valence-electron chi connectivity index (χ3n) is 5.20. The third-order valence-corrected chi connectivity index (χ3v) is 5.20. The van der Waals surface area contributed by atoms with Crippen molar-refractivity contribution in [3.05, 3.63) is 41.5 Å². The Morgan fingerprint density at radius 2 is 2.00 bits per heavy atom. The number of hydrogen-bond acceptors (Lipinski definition) is 5. The van der Waals surface area contributed by atoms with Gasteiger partial charge in [0, 0.05) is 38.2 Å². The van der Waals surface area contributed by atoms with E-state index in [2.05, 4.69) is 9.55 Å². The number of amides is 1. The molecule has 0 saturated carbocycles. The first-order valence-electron chi connectivity index (χ1n) is 10.3. The Kier molecular flexibility index (Phi) is 6.97. The van der Waals surface area contributed by atoms with Crippen LogP contribution in [-0.4, -0.2) is 64.7 Å². The van der Waals surface area contributed by atoms with Crippen LogP contribution in [0.3, 0.4) is 0 Å². The SMILES string of the molecule is COCCc1nc2c[n+]([O-])c3ccccc3c2n1CCOCCN(C(=O)O)C(C)(C)C. The van der Waals surface area contributed by atoms with Gasteiger partial charge in [0.25, 0.3) is 0 Å². The highest BCUT2D eigenvalue weighted by atomic mass is 16.5. The van der Waals surface area contributed by atoms with Crippen LogP contribution in [0.4, 0.5) is 4.79 Å². The van der Waals surface area contributed by atoms with Crippen LogP contribution in [0.25, 0.3) is 21.9 Å². The van der Waals surface area contributed by atoms with E-state index >= 15 is 0 Å². The molecule has 0 fully saturated rings. The Balaban J connectivity index is 1.80. The monoisotopic (exact) mass is 430 g/mol. The van der Waals surface area contributed by atoms with Gasteiger partial charge in [-0.2, -0.15) is 4.73 Å². The minimum absolute atomic E-state index is 0.291. The van der Waals surface area contributed by atoms with Crippen LogP contribution in [0.5, 0.6) is 0 Å². The molecule has 31 heavy (non-hydrogen) atoms. The van der Waals surface area contributed by atoms with Gasteiger partial charge >= 0.3 is 6.09 Å². The predicted octanol–water partition coefficient (Wildman–Crippen LogP) is 2.81. The van der Waals surface area contributed by atoms with Crippen LogP contribution >= 0.6 is 0 Å². The second-order valence-electron chi connectivity index (χ2n) is 8.35. The van der Waals surface area contributed by atoms with Crippen molar-refractivity contribution in [1.82, 2.24) is 14.5 Å². The number of benzene rings is 1. The van der Waals surface area contributed by atoms with Gasteiger partial charge in [-0.25, -0.2) is 9.78 Å². The van der Waals surface area contributed by atoms with Crippen molar-refractivity contribution in [3.63, 3.8) is 0 Å². The number of carbonyl (C=O) groups is 1. The predicted molar refractivity (Wildman–Crippen MR) is 117 cm³/mol. The van der Waals surface area contributed by atoms with E-state index in [1.165, 1.54) is 11.1 Å². The molecule has 0 unspecified atom stereocenters. The van der Waals surface area contributed by atoms with Gasteiger partial charge in [-0.15, -0.1) is 0 Å². The van der Waals surface area contributed by atoms with E-state index in [9.17, 15) is 15.1 Å². The number of imidazole rings is 1. The van der Waals surface area contributed by atoms with Gasteiger partial charge in [0.05, 0.1) is 30.7 Å². The highest BCUT2D eigenvalue weighted by molar-refractivity contribution is 6.00. The zero-order chi connectivity index (χ0) is 22.6. The maximum Gasteiger partial charge on any atom is 0.407 e. The van der Waals surface area contributed by atoms with Crippen LogP contribution < -0.4 is 4.73 Å². The number of para-hydroxylation sites is 1. The summed E-state index contributed by atoms with van der Waals surface area (Å²) in [4.78, 5) is 17.5. The number of ether oxygens (including phenoxy) is 2. The van der Waals surface area contributed by atoms with Crippen molar-refractivity contribution < 1.29 is 24.1 Å². The lowest BCUT2D eigenvalue weighted by Crippen LogP contribution is -2.46. The van der Waals surface area contributed by atoms with Crippen LogP contribution in [0.15, 0.2) is 30.5 Å². The molecule has 0 bridgehead atoms. The summed E-state index contributed by atoms with van der Waals surface area (Å²) in [5, 5.41) is 22.6. The lowest BCUT2D eigenvalue weighted by Gasteiger charge is -2.33. The maximum atomic E-state index is 12.4. The first-order chi connectivity index (χ1) is 14.7. The smallest absolute Gasteiger partial charge is 0.407 e. The molecule has 0 aliphatic heterocycles. The molecule has 1 amide bonds. The van der Waals surface area contributed by atoms with Gasteiger partial charge in [-0.1, -0.05) is 12.1 Å². The van der Waals surface area contributed by atoms with E-state index < -0.39 is 11.6 Å². The van der Waals surface area contributed by atoms with E-state index in [-0.39, 0.29) is 0 Å². The van der Waals surface area contributed by atoms with Crippen molar-refractivity contribution in [2.75, 3.05) is 33.5 Å². The Labute approximate surface area is 181 Å². The lowest BCUT2D eigenvalue weighted by molar-refractivity contribution is -0.575. The van der Waals surface area contributed by atoms with Gasteiger partial charge in [-0.3, -0.25) is 0 Å². The van der Waals surface area contributed by atoms with E-state index in [1.807, 2.05) is 39.0 Å². The molecule has 0 aliphatic rings. The van der Waals surface area contributed by atoms with E-state index in [1.54, 1.807) is 13.2 Å². The molecule has 2 aromatic heterocycles. The molecule has 0 aliphatic carbocycles. The second kappa shape index (κ2) is 9.49. The summed E-state index contributed by atoms with van der Waals surface area (Å²) in [5.41, 5.74) is 1.61. The van der Waals surface area contributed by atoms with Crippen molar-refractivity contribution in [3.8, 4) is 0 Å². The van der Waals surface area contributed by atoms with Crippen LogP contribution in [0, 0.1) is 5.21 Å². The highest BCUT2D eigenvalue weighted by Crippen LogP contribution is 2.24. The molecule has 1 aromatic carbocycles. The normalized spacial score (nSPS) is 12.0. The maximum absolute atomic E-state index is 12.4. The van der Waals surface area contributed by atoms with Crippen molar-refractivity contribution in [2.24, 2.45) is 0 Å². The van der Waals surface area contributed by atoms with Crippen molar-refractivity contribution in [1.29, 1.82) is 0 Å². The number of methoxy groups -OCH3 is 1. The first-order valence-corrected chi connectivity index (χ1v) is 10.3. The fraction of sp³-hybridized carbons (Fsp3) is 0.500. The fourth-order valence-corrected chi connectivity index (χ4v) is 3.70. The van der Waals surface area contributed by atoms with E-state index in [4.69, 9.17) is 9.47 Å². The number of pyridine rings is 1. The standard InChI is InChI=1S/C22H30N4O5/c1-22(2,3)25(21(27)28)11-14-31-13-10-24-19(9-12-30-4)23-17-15-26(29)18-8-6-5-7-16(18)20(17)24/h5-8,15H,9-14H2,1-4H3,(H,27,28). The summed E-state index contributed by atoms with van der Waals surface area (Å²) in [7, 11) is 1.64. The number of hydrogen-bond donors (Lipinski definition) is 1. The third kappa shape index (κ3) is 5.05. The summed E-state index contributed by atoms with van der Waals surface area (Å²) in [6, 6.07) is 7.44. The molecule has 1 N–H and O–H groups in total. The van der Waals surface area contributed by atoms with Crippen molar-refractivity contribution >= 4 is 28.0 Å². The molecular formula is C22H30N4O5. The number of rotatable bonds is 9. The first kappa shape index (κ1) is 22.8. The summed E-state index contributed by atoms with van der Waals surface area (Å²) >= 11 is 0. The number of fused-ring (bicyclic) bond motifs is 3. The molecule has 0 atom stereocenters. The summed E-state index contributed by atoms with van der Waals surface area (Å²) in [6.45, 7) is 7.59. The molecule has 0 spiro atoms. The molecule has 3 aromatic rings. The zero-order valence-electron chi connectivity index (χ0n) is 18.5.